The Morgan fingerprint density at radius 2 is 1.79 bits per heavy atom. The number of nitrogens with zero attached hydrogens (tertiary/aromatic N) is 2. The SMILES string of the molecule is Cc1ccc2c(c1)N(S(C)(=O)=O)CCC(C(=O)Nc1ccccc1C(=O)N1CCOCC1)O2. The number of ether oxygens (including phenoxy) is 2. The summed E-state index contributed by atoms with van der Waals surface area (Å²) < 4.78 is 37.3. The van der Waals surface area contributed by atoms with E-state index in [4.69, 9.17) is 9.47 Å². The topological polar surface area (TPSA) is 105 Å². The van der Waals surface area contributed by atoms with Crippen molar-refractivity contribution in [3.63, 3.8) is 0 Å². The Kier molecular flexibility index (Phi) is 6.57. The monoisotopic (exact) mass is 473 g/mol. The standard InChI is InChI=1S/C23H27N3O6S/c1-16-7-8-20-19(15-16)26(33(2,29)30)10-9-21(32-20)22(27)24-18-6-4-3-5-17(18)23(28)25-11-13-31-14-12-25/h3-8,15,21H,9-14H2,1-2H3,(H,24,27). The maximum atomic E-state index is 13.2. The summed E-state index contributed by atoms with van der Waals surface area (Å²) in [6.07, 6.45) is 0.365. The maximum Gasteiger partial charge on any atom is 0.265 e. The molecule has 9 nitrogen and oxygen atoms in total. The number of carbonyl (C=O) groups excluding carboxylic acids is 2. The van der Waals surface area contributed by atoms with E-state index in [2.05, 4.69) is 5.32 Å². The second kappa shape index (κ2) is 9.40. The number of amides is 2. The molecule has 2 amide bonds. The van der Waals surface area contributed by atoms with Gasteiger partial charge < -0.3 is 19.7 Å². The highest BCUT2D eigenvalue weighted by Gasteiger charge is 2.32. The second-order valence-corrected chi connectivity index (χ2v) is 10.0. The number of benzene rings is 2. The number of anilines is 2. The van der Waals surface area contributed by atoms with Gasteiger partial charge in [-0.15, -0.1) is 0 Å². The molecule has 0 saturated carbocycles. The number of hydrogen-bond acceptors (Lipinski definition) is 6. The first kappa shape index (κ1) is 23.1. The predicted octanol–water partition coefficient (Wildman–Crippen LogP) is 2.02. The summed E-state index contributed by atoms with van der Waals surface area (Å²) in [6, 6.07) is 12.0. The zero-order chi connectivity index (χ0) is 23.6. The molecule has 2 aromatic rings. The van der Waals surface area contributed by atoms with E-state index < -0.39 is 22.0 Å². The van der Waals surface area contributed by atoms with Gasteiger partial charge in [-0.2, -0.15) is 0 Å². The van der Waals surface area contributed by atoms with Crippen molar-refractivity contribution in [2.45, 2.75) is 19.4 Å². The zero-order valence-corrected chi connectivity index (χ0v) is 19.4. The van der Waals surface area contributed by atoms with Gasteiger partial charge in [0.2, 0.25) is 10.0 Å². The Morgan fingerprint density at radius 3 is 2.52 bits per heavy atom. The van der Waals surface area contributed by atoms with Crippen LogP contribution in [0.25, 0.3) is 0 Å². The van der Waals surface area contributed by atoms with Crippen LogP contribution >= 0.6 is 0 Å². The molecule has 0 radical (unpaired) electrons. The van der Waals surface area contributed by atoms with Gasteiger partial charge in [0.05, 0.1) is 36.4 Å². The molecule has 2 aliphatic heterocycles. The quantitative estimate of drug-likeness (QED) is 0.729. The minimum absolute atomic E-state index is 0.0989. The molecule has 1 N–H and O–H groups in total. The largest absolute Gasteiger partial charge is 0.478 e. The summed E-state index contributed by atoms with van der Waals surface area (Å²) in [7, 11) is -3.56. The van der Waals surface area contributed by atoms with Crippen LogP contribution in [0.2, 0.25) is 0 Å². The van der Waals surface area contributed by atoms with Gasteiger partial charge in [-0.25, -0.2) is 8.42 Å². The Morgan fingerprint density at radius 1 is 1.06 bits per heavy atom. The molecule has 2 aromatic carbocycles. The number of hydrogen-bond donors (Lipinski definition) is 1. The molecule has 4 rings (SSSR count). The minimum Gasteiger partial charge on any atom is -0.478 e. The van der Waals surface area contributed by atoms with Crippen LogP contribution in [-0.4, -0.2) is 70.3 Å². The Hall–Kier alpha value is -3.11. The number of morpholine rings is 1. The van der Waals surface area contributed by atoms with E-state index in [0.717, 1.165) is 11.8 Å². The fraction of sp³-hybridized carbons (Fsp3) is 0.391. The Balaban J connectivity index is 1.56. The van der Waals surface area contributed by atoms with Crippen molar-refractivity contribution in [3.05, 3.63) is 53.6 Å². The van der Waals surface area contributed by atoms with Gasteiger partial charge in [0, 0.05) is 26.1 Å². The maximum absolute atomic E-state index is 13.2. The average molecular weight is 474 g/mol. The van der Waals surface area contributed by atoms with E-state index in [0.29, 0.717) is 49.0 Å². The van der Waals surface area contributed by atoms with Crippen molar-refractivity contribution in [1.82, 2.24) is 4.90 Å². The molecule has 2 aliphatic rings. The summed E-state index contributed by atoms with van der Waals surface area (Å²) >= 11 is 0. The fourth-order valence-electron chi connectivity index (χ4n) is 3.95. The van der Waals surface area contributed by atoms with Gasteiger partial charge in [-0.3, -0.25) is 13.9 Å². The van der Waals surface area contributed by atoms with Crippen LogP contribution in [0.3, 0.4) is 0 Å². The lowest BCUT2D eigenvalue weighted by Crippen LogP contribution is -2.41. The minimum atomic E-state index is -3.56. The van der Waals surface area contributed by atoms with E-state index in [1.807, 2.05) is 6.92 Å². The van der Waals surface area contributed by atoms with Gasteiger partial charge in [0.1, 0.15) is 5.75 Å². The molecule has 0 aromatic heterocycles. The van der Waals surface area contributed by atoms with E-state index in [1.54, 1.807) is 47.4 Å². The van der Waals surface area contributed by atoms with E-state index >= 15 is 0 Å². The van der Waals surface area contributed by atoms with Crippen molar-refractivity contribution in [1.29, 1.82) is 0 Å². The van der Waals surface area contributed by atoms with E-state index in [-0.39, 0.29) is 18.9 Å². The number of nitrogens with one attached hydrogen (secondary N) is 1. The molecular weight excluding hydrogens is 446 g/mol. The van der Waals surface area contributed by atoms with Crippen molar-refractivity contribution in [2.75, 3.05) is 48.7 Å². The number of sulfonamides is 1. The van der Waals surface area contributed by atoms with Crippen LogP contribution < -0.4 is 14.4 Å². The molecule has 0 bridgehead atoms. The number of aryl methyl sites for hydroxylation is 1. The number of para-hydroxylation sites is 1. The molecule has 1 fully saturated rings. The summed E-state index contributed by atoms with van der Waals surface area (Å²) in [5, 5.41) is 2.81. The lowest BCUT2D eigenvalue weighted by molar-refractivity contribution is -0.122. The molecule has 1 saturated heterocycles. The van der Waals surface area contributed by atoms with Crippen molar-refractivity contribution < 1.29 is 27.5 Å². The lowest BCUT2D eigenvalue weighted by atomic mass is 10.1. The van der Waals surface area contributed by atoms with Crippen LogP contribution in [-0.2, 0) is 19.6 Å². The third-order valence-electron chi connectivity index (χ3n) is 5.65. The van der Waals surface area contributed by atoms with Gasteiger partial charge in [0.25, 0.3) is 11.8 Å². The number of fused-ring (bicyclic) bond motifs is 1. The highest BCUT2D eigenvalue weighted by molar-refractivity contribution is 7.92. The fourth-order valence-corrected chi connectivity index (χ4v) is 4.88. The van der Waals surface area contributed by atoms with Crippen LogP contribution in [0.4, 0.5) is 11.4 Å². The van der Waals surface area contributed by atoms with Crippen LogP contribution in [0.1, 0.15) is 22.3 Å². The van der Waals surface area contributed by atoms with Gasteiger partial charge in [0.15, 0.2) is 6.10 Å². The van der Waals surface area contributed by atoms with Crippen LogP contribution in [0.15, 0.2) is 42.5 Å². The van der Waals surface area contributed by atoms with E-state index in [1.165, 1.54) is 4.31 Å². The molecule has 0 aliphatic carbocycles. The zero-order valence-electron chi connectivity index (χ0n) is 18.6. The van der Waals surface area contributed by atoms with Crippen LogP contribution in [0, 0.1) is 6.92 Å². The normalized spacial score (nSPS) is 18.7. The van der Waals surface area contributed by atoms with Crippen molar-refractivity contribution in [2.24, 2.45) is 0 Å². The molecule has 1 atom stereocenters. The third-order valence-corrected chi connectivity index (χ3v) is 6.83. The first-order chi connectivity index (χ1) is 15.7. The molecule has 1 unspecified atom stereocenters. The van der Waals surface area contributed by atoms with Crippen LogP contribution in [0.5, 0.6) is 5.75 Å². The molecular formula is C23H27N3O6S. The van der Waals surface area contributed by atoms with Gasteiger partial charge >= 0.3 is 0 Å². The van der Waals surface area contributed by atoms with Gasteiger partial charge in [-0.05, 0) is 36.8 Å². The average Bonchev–Trinajstić information content (AvgIpc) is 2.99. The third kappa shape index (κ3) is 5.12. The first-order valence-electron chi connectivity index (χ1n) is 10.8. The molecule has 33 heavy (non-hydrogen) atoms. The summed E-state index contributed by atoms with van der Waals surface area (Å²) in [4.78, 5) is 27.8. The summed E-state index contributed by atoms with van der Waals surface area (Å²) in [6.45, 7) is 3.90. The first-order valence-corrected chi connectivity index (χ1v) is 12.6. The lowest BCUT2D eigenvalue weighted by Gasteiger charge is -2.27. The van der Waals surface area contributed by atoms with Crippen molar-refractivity contribution in [3.8, 4) is 5.75 Å². The predicted molar refractivity (Wildman–Crippen MR) is 124 cm³/mol. The van der Waals surface area contributed by atoms with E-state index in [9.17, 15) is 18.0 Å². The molecule has 10 heteroatoms. The smallest absolute Gasteiger partial charge is 0.265 e. The Labute approximate surface area is 193 Å². The molecule has 2 heterocycles. The highest BCUT2D eigenvalue weighted by Crippen LogP contribution is 2.35. The summed E-state index contributed by atoms with van der Waals surface area (Å²) in [5.74, 6) is -0.305. The molecule has 176 valence electrons. The highest BCUT2D eigenvalue weighted by atomic mass is 32.2. The Bertz CT molecular complexity index is 1160. The number of rotatable bonds is 4. The summed E-state index contributed by atoms with van der Waals surface area (Å²) in [5.41, 5.74) is 2.06. The van der Waals surface area contributed by atoms with Crippen molar-refractivity contribution >= 4 is 33.2 Å². The second-order valence-electron chi connectivity index (χ2n) is 8.14. The number of carbonyl (C=O) groups is 2. The van der Waals surface area contributed by atoms with Gasteiger partial charge in [-0.1, -0.05) is 18.2 Å². The molecule has 0 spiro atoms.